The monoisotopic (exact) mass is 1500 g/mol. The Labute approximate surface area is 617 Å². The number of aliphatic hydroxyl groups excluding tert-OH is 1. The van der Waals surface area contributed by atoms with Crippen LogP contribution in [0.1, 0.15) is 112 Å². The van der Waals surface area contributed by atoms with E-state index in [2.05, 4.69) is 72.9 Å². The number of amides is 5. The molecule has 0 radical (unpaired) electrons. The van der Waals surface area contributed by atoms with Crippen molar-refractivity contribution in [3.8, 4) is 0 Å². The van der Waals surface area contributed by atoms with Gasteiger partial charge in [0.1, 0.15) is 25.9 Å². The number of rotatable bonds is 34. The Hall–Kier alpha value is -8.70. The molecule has 40 nitrogen and oxygen atoms in total. The molecule has 6 heterocycles. The van der Waals surface area contributed by atoms with Crippen LogP contribution >= 0.6 is 0 Å². The van der Waals surface area contributed by atoms with Crippen LogP contribution in [-0.4, -0.2) is 268 Å². The number of carbonyl (C=O) groups excluding carboxylic acids is 8. The molecule has 0 spiro atoms. The predicted molar refractivity (Wildman–Crippen MR) is 386 cm³/mol. The minimum atomic E-state index is -1.30. The Bertz CT molecular complexity index is 2950. The molecule has 6 unspecified atom stereocenters. The molecular weight excluding hydrogens is 1400 g/mol. The zero-order valence-electron chi connectivity index (χ0n) is 61.9. The highest BCUT2D eigenvalue weighted by molar-refractivity contribution is 6.54. The summed E-state index contributed by atoms with van der Waals surface area (Å²) in [6.45, 7) is 17.5. The molecule has 18 N–H and O–H groups in total. The van der Waals surface area contributed by atoms with Gasteiger partial charge in [-0.25, -0.2) is 24.0 Å². The number of ether oxygens (including phenoxy) is 11. The molecular formula is C60H104B6N14O26. The van der Waals surface area contributed by atoms with Crippen molar-refractivity contribution < 1.29 is 126 Å². The van der Waals surface area contributed by atoms with Crippen LogP contribution in [-0.2, 0) is 66.5 Å². The fourth-order valence-electron chi connectivity index (χ4n) is 12.1. The molecule has 5 amide bonds. The first kappa shape index (κ1) is 87.9. The van der Waals surface area contributed by atoms with Gasteiger partial charge in [0.15, 0.2) is 66.7 Å². The second kappa shape index (κ2) is 44.4. The molecule has 0 bridgehead atoms. The Morgan fingerprint density at radius 2 is 0.708 bits per heavy atom. The summed E-state index contributed by atoms with van der Waals surface area (Å²) in [5, 5.41) is 101. The lowest BCUT2D eigenvalue weighted by Gasteiger charge is -2.41. The third kappa shape index (κ3) is 31.4. The molecule has 0 aromatic heterocycles. The van der Waals surface area contributed by atoms with Gasteiger partial charge in [-0.3, -0.25) is 29.1 Å². The Morgan fingerprint density at radius 3 is 0.972 bits per heavy atom. The smallest absolute Gasteiger partial charge is 0.490 e. The van der Waals surface area contributed by atoms with Crippen LogP contribution in [0.4, 0.5) is 24.0 Å². The number of carbonyl (C=O) groups is 8. The van der Waals surface area contributed by atoms with Crippen LogP contribution < -0.4 is 58.2 Å². The number of unbranched alkanes of at least 4 members (excludes halogenated alkanes) is 10. The van der Waals surface area contributed by atoms with E-state index in [0.29, 0.717) is 43.2 Å². The van der Waals surface area contributed by atoms with Crippen LogP contribution in [0.2, 0.25) is 40.9 Å². The van der Waals surface area contributed by atoms with Gasteiger partial charge < -0.3 is 146 Å². The van der Waals surface area contributed by atoms with E-state index in [1.807, 2.05) is 0 Å². The van der Waals surface area contributed by atoms with E-state index in [0.717, 1.165) is 57.8 Å². The molecule has 588 valence electrons. The van der Waals surface area contributed by atoms with Crippen molar-refractivity contribution >= 4 is 109 Å². The fourth-order valence-corrected chi connectivity index (χ4v) is 12.1. The van der Waals surface area contributed by atoms with E-state index >= 15 is 0 Å². The van der Waals surface area contributed by atoms with Crippen LogP contribution in [0.15, 0.2) is 50.2 Å². The first-order valence-corrected chi connectivity index (χ1v) is 35.5. The fraction of sp³-hybridized carbons (Fsp3) is 0.717. The molecule has 0 saturated carbocycles. The summed E-state index contributed by atoms with van der Waals surface area (Å²) in [6.07, 6.45) is 0.702. The number of hydrogen-bond donors (Lipinski definition) is 18. The van der Waals surface area contributed by atoms with Crippen molar-refractivity contribution in [3.05, 3.63) is 35.5 Å². The van der Waals surface area contributed by atoms with Crippen molar-refractivity contribution in [1.29, 1.82) is 0 Å². The SMILES string of the molecule is CB(O)N=C(NB(C)O)NC1C=C(C)O[C@@H]([C@H](O)C2COC(=O)O2)[C@@H]1NC(C)=O.CB(O)N=C(NB(C)O)NC1C=C(C)O[C@@H]([C@H](OC(=O)NCCCCCCCCCCCCCNC(=O)O[C@H](C2COC(=O)O2)[C@@H]2OC(C)=CC(NC(=NB(C)O)NB(C)O)[C@H]2NC(C)=O)C2COC(=O)O2)[C@@H]1NC(C)=O. The highest BCUT2D eigenvalue weighted by atomic mass is 16.8. The maximum Gasteiger partial charge on any atom is 0.508 e. The van der Waals surface area contributed by atoms with E-state index in [1.165, 1.54) is 61.7 Å². The van der Waals surface area contributed by atoms with Gasteiger partial charge in [0.25, 0.3) is 0 Å². The normalized spacial score (nSPS) is 24.8. The second-order valence-corrected chi connectivity index (χ2v) is 26.2. The van der Waals surface area contributed by atoms with E-state index in [-0.39, 0.29) is 43.6 Å². The molecule has 6 aliphatic rings. The first-order chi connectivity index (χ1) is 50.1. The van der Waals surface area contributed by atoms with Crippen LogP contribution in [0.3, 0.4) is 0 Å². The average molecular weight is 1500 g/mol. The maximum absolute atomic E-state index is 13.2. The summed E-state index contributed by atoms with van der Waals surface area (Å²) in [5.74, 6) is 0.0364. The van der Waals surface area contributed by atoms with Crippen LogP contribution in [0, 0.1) is 0 Å². The molecule has 3 saturated heterocycles. The summed E-state index contributed by atoms with van der Waals surface area (Å²) >= 11 is 0. The van der Waals surface area contributed by atoms with Gasteiger partial charge in [-0.15, -0.1) is 0 Å². The summed E-state index contributed by atoms with van der Waals surface area (Å²) < 4.78 is 60.1. The van der Waals surface area contributed by atoms with E-state index < -0.39 is 176 Å². The highest BCUT2D eigenvalue weighted by Crippen LogP contribution is 2.31. The summed E-state index contributed by atoms with van der Waals surface area (Å²) in [7, 11) is -6.45. The molecule has 0 aromatic rings. The molecule has 6 rings (SSSR count). The topological polar surface area (TPSA) is 549 Å². The van der Waals surface area contributed by atoms with E-state index in [1.54, 1.807) is 39.0 Å². The third-order valence-corrected chi connectivity index (χ3v) is 16.3. The van der Waals surface area contributed by atoms with Gasteiger partial charge in [-0.2, -0.15) is 0 Å². The molecule has 6 aliphatic heterocycles. The van der Waals surface area contributed by atoms with Gasteiger partial charge in [0.05, 0.1) is 53.5 Å². The number of hydrogen-bond acceptors (Lipinski definition) is 29. The maximum atomic E-state index is 13.2. The standard InChI is InChI=1S/C45H78B4N10O18.C15H26B2N4O8/c1-26-22-30(54-40(56-46(5)66)57-47(6)67)34(52-28(3)60)38(72-26)36(32-24-70-44(64)74-32)76-42(62)50-20-18-16-14-12-10-9-11-13-15-17-19-21-51-43(63)77-37(33-25-71-45(65)75-33)39-35(53-29(4)61)31(23-27(2)73-39)55-41(58-48(7)68)59-49(8)69;1-7-5-9(19-14(20-16(3)25)21-17(4)26)11(18-8(2)22)13(28-7)12(23)10-6-27-15(24)29-10/h22-23,30-39,66-69H,9-21,24-25H2,1-8H3,(H,50,62)(H,51,63)(H,52,60)(H,53,61)(H2,54,56,57)(H2,55,58,59);5,9-13,23,25-26H,6H2,1-4H3,(H,18,22)(H2,19,20,21)/t30?,31?,32?,33?,34-,35-,36-,37-,38-,39-;9?,10?,11-,12-,13-/m11/s1. The molecule has 0 aliphatic carbocycles. The van der Waals surface area contributed by atoms with E-state index in [4.69, 9.17) is 52.1 Å². The lowest BCUT2D eigenvalue weighted by Crippen LogP contribution is -2.65. The number of nitrogens with zero attached hydrogens (tertiary/aromatic N) is 3. The number of allylic oxidation sites excluding steroid dienone is 3. The number of nitrogens with one attached hydrogen (secondary N) is 11. The first-order valence-electron chi connectivity index (χ1n) is 35.5. The Kier molecular flexibility index (Phi) is 36.9. The molecule has 3 fully saturated rings. The zero-order chi connectivity index (χ0) is 78.3. The van der Waals surface area contributed by atoms with Crippen LogP contribution in [0.25, 0.3) is 0 Å². The van der Waals surface area contributed by atoms with E-state index in [9.17, 15) is 73.6 Å². The average Bonchev–Trinajstić information content (AvgIpc) is 1.42. The van der Waals surface area contributed by atoms with Crippen molar-refractivity contribution in [2.75, 3.05) is 32.9 Å². The Morgan fingerprint density at radius 1 is 0.434 bits per heavy atom. The molecule has 106 heavy (non-hydrogen) atoms. The minimum Gasteiger partial charge on any atom is -0.490 e. The minimum absolute atomic E-state index is 0.0177. The number of cyclic esters (lactones) is 6. The summed E-state index contributed by atoms with van der Waals surface area (Å²) in [4.78, 5) is 111. The van der Waals surface area contributed by atoms with Crippen LogP contribution in [0.5, 0.6) is 0 Å². The second-order valence-electron chi connectivity index (χ2n) is 26.2. The molecule has 46 heteroatoms. The van der Waals surface area contributed by atoms with Gasteiger partial charge >= 0.3 is 73.0 Å². The van der Waals surface area contributed by atoms with Gasteiger partial charge in [-0.1, -0.05) is 57.8 Å². The highest BCUT2D eigenvalue weighted by Gasteiger charge is 2.52. The van der Waals surface area contributed by atoms with Gasteiger partial charge in [0.2, 0.25) is 17.7 Å². The van der Waals surface area contributed by atoms with Gasteiger partial charge in [0, 0.05) is 33.9 Å². The van der Waals surface area contributed by atoms with Crippen molar-refractivity contribution in [2.24, 2.45) is 14.7 Å². The Balaban J connectivity index is 0.000000577. The lowest BCUT2D eigenvalue weighted by molar-refractivity contribution is -0.125. The zero-order valence-corrected chi connectivity index (χ0v) is 61.9. The van der Waals surface area contributed by atoms with Crippen molar-refractivity contribution in [2.45, 2.75) is 244 Å². The number of aliphatic hydroxyl groups is 1. The quantitative estimate of drug-likeness (QED) is 0.00845. The third-order valence-electron chi connectivity index (χ3n) is 16.3. The van der Waals surface area contributed by atoms with Crippen molar-refractivity contribution in [1.82, 2.24) is 58.2 Å². The number of guanidine groups is 3. The summed E-state index contributed by atoms with van der Waals surface area (Å²) in [5.41, 5.74) is 0. The molecule has 0 aromatic carbocycles. The van der Waals surface area contributed by atoms with Crippen molar-refractivity contribution in [3.63, 3.8) is 0 Å². The largest absolute Gasteiger partial charge is 0.508 e. The van der Waals surface area contributed by atoms with Gasteiger partial charge in [-0.05, 0) is 92.8 Å². The summed E-state index contributed by atoms with van der Waals surface area (Å²) in [6, 6.07) is -4.86. The molecule has 15 atom stereocenters. The lowest BCUT2D eigenvalue weighted by atomic mass is 9.87. The number of alkyl carbamates (subject to hydrolysis) is 2. The predicted octanol–water partition coefficient (Wildman–Crippen LogP) is -1.78.